The predicted molar refractivity (Wildman–Crippen MR) is 102 cm³/mol. The van der Waals surface area contributed by atoms with Crippen LogP contribution < -0.4 is 5.32 Å². The number of carbonyl (C=O) groups is 1. The van der Waals surface area contributed by atoms with Gasteiger partial charge in [-0.2, -0.15) is 0 Å². The largest absolute Gasteiger partial charge is 0.373 e. The zero-order chi connectivity index (χ0) is 18.7. The Balaban J connectivity index is 1.83. The van der Waals surface area contributed by atoms with E-state index < -0.39 is 6.04 Å². The summed E-state index contributed by atoms with van der Waals surface area (Å²) in [7, 11) is 0. The van der Waals surface area contributed by atoms with Gasteiger partial charge in [0.25, 0.3) is 0 Å². The smallest absolute Gasteiger partial charge is 0.249 e. The highest BCUT2D eigenvalue weighted by Gasteiger charge is 2.25. The number of hydrogen-bond donors (Lipinski definition) is 1. The molecule has 1 atom stereocenters. The van der Waals surface area contributed by atoms with Gasteiger partial charge in [-0.1, -0.05) is 18.2 Å². The van der Waals surface area contributed by atoms with Crippen LogP contribution in [-0.2, 0) is 9.53 Å². The average Bonchev–Trinajstić information content (AvgIpc) is 3.00. The predicted octanol–water partition coefficient (Wildman–Crippen LogP) is 3.73. The van der Waals surface area contributed by atoms with Crippen molar-refractivity contribution >= 4 is 22.5 Å². The molecular weight excluding hydrogens is 328 g/mol. The number of nitrogens with one attached hydrogen (secondary N) is 1. The average molecular weight is 352 g/mol. The molecule has 3 aromatic rings. The number of pyridine rings is 1. The lowest BCUT2D eigenvalue weighted by Gasteiger charge is -2.25. The Morgan fingerprint density at radius 2 is 2.04 bits per heavy atom. The number of hydrogen-bond acceptors (Lipinski definition) is 4. The fourth-order valence-corrected chi connectivity index (χ4v) is 2.69. The lowest BCUT2D eigenvalue weighted by Crippen LogP contribution is -2.33. The second-order valence-corrected chi connectivity index (χ2v) is 7.23. The van der Waals surface area contributed by atoms with Crippen LogP contribution in [0.2, 0.25) is 0 Å². The molecule has 136 valence electrons. The van der Waals surface area contributed by atoms with Gasteiger partial charge in [0.05, 0.1) is 29.6 Å². The van der Waals surface area contributed by atoms with E-state index in [0.717, 1.165) is 16.7 Å². The molecule has 1 N–H and O–H groups in total. The SMILES string of the molecule is Cc1nccn1[C@@H](COC(C)(C)C)C(=O)Nc1cnc2ccccc2c1. The highest BCUT2D eigenvalue weighted by Crippen LogP contribution is 2.20. The van der Waals surface area contributed by atoms with Crippen molar-refractivity contribution in [2.24, 2.45) is 0 Å². The van der Waals surface area contributed by atoms with Crippen LogP contribution in [0.4, 0.5) is 5.69 Å². The van der Waals surface area contributed by atoms with Gasteiger partial charge in [-0.25, -0.2) is 4.98 Å². The van der Waals surface area contributed by atoms with E-state index in [9.17, 15) is 4.79 Å². The van der Waals surface area contributed by atoms with E-state index >= 15 is 0 Å². The molecule has 0 spiro atoms. The molecular formula is C20H24N4O2. The molecule has 0 bridgehead atoms. The van der Waals surface area contributed by atoms with Crippen molar-refractivity contribution in [3.63, 3.8) is 0 Å². The quantitative estimate of drug-likeness (QED) is 0.759. The summed E-state index contributed by atoms with van der Waals surface area (Å²) in [5.74, 6) is 0.603. The number of aryl methyl sites for hydroxylation is 1. The van der Waals surface area contributed by atoms with E-state index in [-0.39, 0.29) is 18.1 Å². The highest BCUT2D eigenvalue weighted by atomic mass is 16.5. The van der Waals surface area contributed by atoms with E-state index in [2.05, 4.69) is 15.3 Å². The summed E-state index contributed by atoms with van der Waals surface area (Å²) in [5, 5.41) is 3.93. The van der Waals surface area contributed by atoms with Crippen molar-refractivity contribution in [3.8, 4) is 0 Å². The minimum Gasteiger partial charge on any atom is -0.373 e. The summed E-state index contributed by atoms with van der Waals surface area (Å²) in [6, 6.07) is 9.21. The molecule has 0 aliphatic rings. The lowest BCUT2D eigenvalue weighted by atomic mass is 10.2. The number of carbonyl (C=O) groups excluding carboxylic acids is 1. The molecule has 0 saturated heterocycles. The monoisotopic (exact) mass is 352 g/mol. The number of anilines is 1. The molecule has 0 aliphatic heterocycles. The summed E-state index contributed by atoms with van der Waals surface area (Å²) >= 11 is 0. The number of imidazole rings is 1. The Morgan fingerprint density at radius 1 is 1.27 bits per heavy atom. The molecule has 0 radical (unpaired) electrons. The third-order valence-corrected chi connectivity index (χ3v) is 4.03. The summed E-state index contributed by atoms with van der Waals surface area (Å²) in [4.78, 5) is 21.6. The summed E-state index contributed by atoms with van der Waals surface area (Å²) in [5.41, 5.74) is 1.22. The number of ether oxygens (including phenoxy) is 1. The molecule has 2 heterocycles. The Hall–Kier alpha value is -2.73. The summed E-state index contributed by atoms with van der Waals surface area (Å²) in [6.07, 6.45) is 5.15. The van der Waals surface area contributed by atoms with Crippen molar-refractivity contribution in [1.29, 1.82) is 0 Å². The Morgan fingerprint density at radius 3 is 2.73 bits per heavy atom. The minimum atomic E-state index is -0.511. The van der Waals surface area contributed by atoms with Gasteiger partial charge in [0.2, 0.25) is 5.91 Å². The van der Waals surface area contributed by atoms with E-state index in [1.807, 2.05) is 62.6 Å². The first-order chi connectivity index (χ1) is 12.3. The molecule has 26 heavy (non-hydrogen) atoms. The highest BCUT2D eigenvalue weighted by molar-refractivity contribution is 5.95. The second-order valence-electron chi connectivity index (χ2n) is 7.23. The van der Waals surface area contributed by atoms with Crippen molar-refractivity contribution in [1.82, 2.24) is 14.5 Å². The van der Waals surface area contributed by atoms with E-state index in [0.29, 0.717) is 5.69 Å². The molecule has 0 fully saturated rings. The standard InChI is InChI=1S/C20H24N4O2/c1-14-21-9-10-24(14)18(13-26-20(2,3)4)19(25)23-16-11-15-7-5-6-8-17(15)22-12-16/h5-12,18H,13H2,1-4H3,(H,23,25)/t18-/m0/s1. The Labute approximate surface area is 153 Å². The first-order valence-electron chi connectivity index (χ1n) is 8.62. The van der Waals surface area contributed by atoms with Gasteiger partial charge in [0, 0.05) is 17.8 Å². The van der Waals surface area contributed by atoms with Crippen molar-refractivity contribution in [2.45, 2.75) is 39.3 Å². The topological polar surface area (TPSA) is 69.0 Å². The van der Waals surface area contributed by atoms with Crippen LogP contribution in [0, 0.1) is 6.92 Å². The van der Waals surface area contributed by atoms with Gasteiger partial charge in [-0.3, -0.25) is 9.78 Å². The second kappa shape index (κ2) is 7.25. The number of fused-ring (bicyclic) bond motifs is 1. The van der Waals surface area contributed by atoms with Crippen LogP contribution in [0.1, 0.15) is 32.6 Å². The van der Waals surface area contributed by atoms with Crippen molar-refractivity contribution < 1.29 is 9.53 Å². The number of nitrogens with zero attached hydrogens (tertiary/aromatic N) is 3. The fourth-order valence-electron chi connectivity index (χ4n) is 2.69. The number of para-hydroxylation sites is 1. The molecule has 0 aliphatic carbocycles. The summed E-state index contributed by atoms with van der Waals surface area (Å²) in [6.45, 7) is 8.03. The van der Waals surface area contributed by atoms with Gasteiger partial charge in [0.15, 0.2) is 0 Å². The third-order valence-electron chi connectivity index (χ3n) is 4.03. The Bertz CT molecular complexity index is 911. The van der Waals surface area contributed by atoms with Gasteiger partial charge in [0.1, 0.15) is 11.9 Å². The molecule has 6 heteroatoms. The molecule has 1 aromatic carbocycles. The van der Waals surface area contributed by atoms with E-state index in [1.54, 1.807) is 18.6 Å². The van der Waals surface area contributed by atoms with Gasteiger partial charge >= 0.3 is 0 Å². The van der Waals surface area contributed by atoms with Crippen LogP contribution in [0.5, 0.6) is 0 Å². The van der Waals surface area contributed by atoms with Crippen LogP contribution in [0.25, 0.3) is 10.9 Å². The van der Waals surface area contributed by atoms with Crippen LogP contribution in [-0.4, -0.2) is 32.7 Å². The van der Waals surface area contributed by atoms with Crippen LogP contribution in [0.15, 0.2) is 48.9 Å². The van der Waals surface area contributed by atoms with E-state index in [1.165, 1.54) is 0 Å². The molecule has 0 unspecified atom stereocenters. The minimum absolute atomic E-state index is 0.160. The molecule has 0 saturated carbocycles. The van der Waals surface area contributed by atoms with Crippen molar-refractivity contribution in [3.05, 3.63) is 54.7 Å². The first kappa shape index (κ1) is 18.1. The summed E-state index contributed by atoms with van der Waals surface area (Å²) < 4.78 is 7.70. The molecule has 2 aromatic heterocycles. The molecule has 3 rings (SSSR count). The Kier molecular flexibility index (Phi) is 5.04. The van der Waals surface area contributed by atoms with Crippen molar-refractivity contribution in [2.75, 3.05) is 11.9 Å². The van der Waals surface area contributed by atoms with Crippen LogP contribution >= 0.6 is 0 Å². The maximum absolute atomic E-state index is 12.9. The number of amides is 1. The van der Waals surface area contributed by atoms with Gasteiger partial charge < -0.3 is 14.6 Å². The number of aromatic nitrogens is 3. The van der Waals surface area contributed by atoms with E-state index in [4.69, 9.17) is 4.74 Å². The zero-order valence-electron chi connectivity index (χ0n) is 15.6. The lowest BCUT2D eigenvalue weighted by molar-refractivity contribution is -0.123. The molecule has 1 amide bonds. The maximum atomic E-state index is 12.9. The number of benzene rings is 1. The van der Waals surface area contributed by atoms with Crippen LogP contribution in [0.3, 0.4) is 0 Å². The third kappa shape index (κ3) is 4.26. The van der Waals surface area contributed by atoms with Gasteiger partial charge in [-0.05, 0) is 39.8 Å². The fraction of sp³-hybridized carbons (Fsp3) is 0.350. The maximum Gasteiger partial charge on any atom is 0.249 e. The zero-order valence-corrected chi connectivity index (χ0v) is 15.6. The number of rotatable bonds is 5. The van der Waals surface area contributed by atoms with Gasteiger partial charge in [-0.15, -0.1) is 0 Å². The molecule has 6 nitrogen and oxygen atoms in total. The first-order valence-corrected chi connectivity index (χ1v) is 8.62. The normalized spacial score (nSPS) is 12.9.